The largest absolute Gasteiger partial charge is 0.347 e. The summed E-state index contributed by atoms with van der Waals surface area (Å²) < 4.78 is 5.00. The minimum absolute atomic E-state index is 0.0178. The number of likely N-dealkylation sites (N-methyl/N-ethyl adjacent to an activating group) is 2. The van der Waals surface area contributed by atoms with Gasteiger partial charge >= 0.3 is 0 Å². The number of benzene rings is 1. The minimum atomic E-state index is -0.129. The Labute approximate surface area is 198 Å². The highest BCUT2D eigenvalue weighted by Gasteiger charge is 2.31. The molecule has 2 amide bonds. The van der Waals surface area contributed by atoms with Crippen molar-refractivity contribution in [3.63, 3.8) is 0 Å². The second-order valence-corrected chi connectivity index (χ2v) is 10.3. The SMILES string of the molecule is CN(C)C(=O)CN(C)C(=O)[C@H]1CCc2c(sc3ncnc(Nc4ccc5nnsc5c4)c23)C1. The molecule has 0 unspecified atom stereocenters. The third kappa shape index (κ3) is 4.13. The van der Waals surface area contributed by atoms with Crippen LogP contribution in [0.1, 0.15) is 16.9 Å². The summed E-state index contributed by atoms with van der Waals surface area (Å²) in [4.78, 5) is 39.2. The molecule has 33 heavy (non-hydrogen) atoms. The van der Waals surface area contributed by atoms with E-state index < -0.39 is 0 Å². The van der Waals surface area contributed by atoms with Crippen LogP contribution < -0.4 is 5.32 Å². The van der Waals surface area contributed by atoms with Crippen LogP contribution in [0, 0.1) is 5.92 Å². The Balaban J connectivity index is 1.39. The van der Waals surface area contributed by atoms with Crippen molar-refractivity contribution in [1.82, 2.24) is 29.4 Å². The van der Waals surface area contributed by atoms with Gasteiger partial charge in [-0.05, 0) is 54.6 Å². The van der Waals surface area contributed by atoms with E-state index in [-0.39, 0.29) is 24.3 Å². The second kappa shape index (κ2) is 8.64. The van der Waals surface area contributed by atoms with Crippen LogP contribution in [-0.2, 0) is 22.4 Å². The van der Waals surface area contributed by atoms with Gasteiger partial charge in [-0.2, -0.15) is 0 Å². The summed E-state index contributed by atoms with van der Waals surface area (Å²) >= 11 is 2.98. The van der Waals surface area contributed by atoms with E-state index in [1.165, 1.54) is 26.9 Å². The van der Waals surface area contributed by atoms with Gasteiger partial charge in [-0.3, -0.25) is 9.59 Å². The molecule has 0 spiro atoms. The van der Waals surface area contributed by atoms with Crippen molar-refractivity contribution in [1.29, 1.82) is 0 Å². The van der Waals surface area contributed by atoms with Crippen LogP contribution in [0.25, 0.3) is 20.4 Å². The molecule has 0 aliphatic heterocycles. The zero-order chi connectivity index (χ0) is 23.1. The third-order valence-electron chi connectivity index (χ3n) is 5.95. The zero-order valence-corrected chi connectivity index (χ0v) is 20.2. The molecular formula is C22H23N7O2S2. The molecule has 0 saturated carbocycles. The van der Waals surface area contributed by atoms with Gasteiger partial charge in [0, 0.05) is 37.6 Å². The fourth-order valence-corrected chi connectivity index (χ4v) is 6.01. The Hall–Kier alpha value is -3.18. The Morgan fingerprint density at radius 3 is 2.88 bits per heavy atom. The highest BCUT2D eigenvalue weighted by Crippen LogP contribution is 2.40. The maximum Gasteiger partial charge on any atom is 0.241 e. The lowest BCUT2D eigenvalue weighted by molar-refractivity contribution is -0.140. The van der Waals surface area contributed by atoms with E-state index in [0.717, 1.165) is 44.8 Å². The summed E-state index contributed by atoms with van der Waals surface area (Å²) in [5.41, 5.74) is 3.01. The maximum atomic E-state index is 13.0. The lowest BCUT2D eigenvalue weighted by Gasteiger charge is -2.27. The molecule has 1 atom stereocenters. The maximum absolute atomic E-state index is 13.0. The van der Waals surface area contributed by atoms with Crippen LogP contribution in [0.5, 0.6) is 0 Å². The summed E-state index contributed by atoms with van der Waals surface area (Å²) in [7, 11) is 5.10. The van der Waals surface area contributed by atoms with Crippen LogP contribution in [0.3, 0.4) is 0 Å². The van der Waals surface area contributed by atoms with Crippen molar-refractivity contribution >= 4 is 66.6 Å². The van der Waals surface area contributed by atoms with E-state index >= 15 is 0 Å². The van der Waals surface area contributed by atoms with E-state index in [4.69, 9.17) is 0 Å². The predicted molar refractivity (Wildman–Crippen MR) is 130 cm³/mol. The molecule has 0 bridgehead atoms. The summed E-state index contributed by atoms with van der Waals surface area (Å²) in [5.74, 6) is 0.579. The van der Waals surface area contributed by atoms with Crippen LogP contribution in [0.4, 0.5) is 11.5 Å². The van der Waals surface area contributed by atoms with E-state index in [1.807, 2.05) is 18.2 Å². The number of aryl methyl sites for hydroxylation is 1. The van der Waals surface area contributed by atoms with Crippen molar-refractivity contribution in [3.8, 4) is 0 Å². The second-order valence-electron chi connectivity index (χ2n) is 8.41. The number of hydrogen-bond donors (Lipinski definition) is 1. The first-order chi connectivity index (χ1) is 15.9. The molecule has 1 aliphatic carbocycles. The number of carbonyl (C=O) groups excluding carboxylic acids is 2. The highest BCUT2D eigenvalue weighted by molar-refractivity contribution is 7.19. The van der Waals surface area contributed by atoms with Gasteiger partial charge in [0.05, 0.1) is 16.6 Å². The van der Waals surface area contributed by atoms with E-state index in [0.29, 0.717) is 6.42 Å². The van der Waals surface area contributed by atoms with Gasteiger partial charge in [-0.25, -0.2) is 9.97 Å². The Morgan fingerprint density at radius 1 is 1.21 bits per heavy atom. The number of hydrogen-bond acceptors (Lipinski definition) is 9. The fourth-order valence-electron chi connectivity index (χ4n) is 4.14. The molecule has 5 rings (SSSR count). The predicted octanol–water partition coefficient (Wildman–Crippen LogP) is 3.09. The van der Waals surface area contributed by atoms with E-state index in [1.54, 1.807) is 43.7 Å². The first-order valence-corrected chi connectivity index (χ1v) is 12.2. The third-order valence-corrected chi connectivity index (χ3v) is 7.80. The van der Waals surface area contributed by atoms with Gasteiger partial charge in [0.2, 0.25) is 11.8 Å². The monoisotopic (exact) mass is 481 g/mol. The molecule has 0 fully saturated rings. The molecule has 9 nitrogen and oxygen atoms in total. The zero-order valence-electron chi connectivity index (χ0n) is 18.5. The van der Waals surface area contributed by atoms with E-state index in [2.05, 4.69) is 24.9 Å². The standard InChI is InChI=1S/C22H23N7O2S2/c1-28(2)18(30)10-29(3)22(31)12-4-6-14-16(8-12)32-21-19(14)20(23-11-24-21)25-13-5-7-15-17(9-13)33-27-26-15/h5,7,9,11-12H,4,6,8,10H2,1-3H3,(H,23,24,25)/t12-/m0/s1. The molecule has 1 N–H and O–H groups in total. The summed E-state index contributed by atoms with van der Waals surface area (Å²) in [5, 5.41) is 8.56. The average molecular weight is 482 g/mol. The van der Waals surface area contributed by atoms with Crippen LogP contribution in [-0.4, -0.2) is 68.9 Å². The lowest BCUT2D eigenvalue weighted by atomic mass is 9.87. The van der Waals surface area contributed by atoms with E-state index in [9.17, 15) is 9.59 Å². The summed E-state index contributed by atoms with van der Waals surface area (Å²) in [6.07, 6.45) is 3.75. The number of nitrogens with one attached hydrogen (secondary N) is 1. The van der Waals surface area contributed by atoms with Gasteiger partial charge in [-0.1, -0.05) is 4.49 Å². The van der Waals surface area contributed by atoms with Gasteiger partial charge < -0.3 is 15.1 Å². The summed E-state index contributed by atoms with van der Waals surface area (Å²) in [6, 6.07) is 5.93. The van der Waals surface area contributed by atoms with Gasteiger partial charge in [0.1, 0.15) is 22.5 Å². The van der Waals surface area contributed by atoms with Crippen molar-refractivity contribution in [2.75, 3.05) is 33.0 Å². The molecule has 4 aromatic rings. The molecule has 3 aromatic heterocycles. The molecule has 0 saturated heterocycles. The van der Waals surface area contributed by atoms with Crippen molar-refractivity contribution < 1.29 is 9.59 Å². The van der Waals surface area contributed by atoms with Crippen LogP contribution in [0.2, 0.25) is 0 Å². The molecule has 170 valence electrons. The summed E-state index contributed by atoms with van der Waals surface area (Å²) in [6.45, 7) is 0.0980. The number of nitrogens with zero attached hydrogens (tertiary/aromatic N) is 6. The number of aromatic nitrogens is 4. The molecule has 1 aliphatic rings. The topological polar surface area (TPSA) is 104 Å². The molecular weight excluding hydrogens is 458 g/mol. The smallest absolute Gasteiger partial charge is 0.241 e. The number of carbonyl (C=O) groups is 2. The number of fused-ring (bicyclic) bond motifs is 4. The molecule has 1 aromatic carbocycles. The highest BCUT2D eigenvalue weighted by atomic mass is 32.1. The van der Waals surface area contributed by atoms with Gasteiger partial charge in [0.25, 0.3) is 0 Å². The average Bonchev–Trinajstić information content (AvgIpc) is 3.42. The van der Waals surface area contributed by atoms with Gasteiger partial charge in [-0.15, -0.1) is 16.4 Å². The molecule has 0 radical (unpaired) electrons. The quantitative estimate of drug-likeness (QED) is 0.467. The minimum Gasteiger partial charge on any atom is -0.347 e. The normalized spacial score (nSPS) is 15.4. The number of amides is 2. The van der Waals surface area contributed by atoms with Gasteiger partial charge in [0.15, 0.2) is 0 Å². The first kappa shape index (κ1) is 21.7. The number of rotatable bonds is 5. The number of anilines is 2. The van der Waals surface area contributed by atoms with Crippen molar-refractivity contribution in [3.05, 3.63) is 35.0 Å². The first-order valence-electron chi connectivity index (χ1n) is 10.6. The van der Waals surface area contributed by atoms with Crippen molar-refractivity contribution in [2.45, 2.75) is 19.3 Å². The molecule has 11 heteroatoms. The Morgan fingerprint density at radius 2 is 2.06 bits per heavy atom. The fraction of sp³-hybridized carbons (Fsp3) is 0.364. The van der Waals surface area contributed by atoms with Crippen LogP contribution >= 0.6 is 22.9 Å². The number of thiophene rings is 1. The molecule has 3 heterocycles. The Kier molecular flexibility index (Phi) is 5.67. The Bertz CT molecular complexity index is 1360. The lowest BCUT2D eigenvalue weighted by Crippen LogP contribution is -2.41. The van der Waals surface area contributed by atoms with Crippen molar-refractivity contribution in [2.24, 2.45) is 5.92 Å². The van der Waals surface area contributed by atoms with Crippen LogP contribution in [0.15, 0.2) is 24.5 Å².